The van der Waals surface area contributed by atoms with Gasteiger partial charge in [0.05, 0.1) is 0 Å². The highest BCUT2D eigenvalue weighted by Gasteiger charge is 2.36. The van der Waals surface area contributed by atoms with Crippen molar-refractivity contribution in [3.05, 3.63) is 35.4 Å². The summed E-state index contributed by atoms with van der Waals surface area (Å²) in [6.07, 6.45) is -0.116. The van der Waals surface area contributed by atoms with Crippen molar-refractivity contribution in [1.82, 2.24) is 0 Å². The molecule has 2 rings (SSSR count). The quantitative estimate of drug-likeness (QED) is 0.518. The van der Waals surface area contributed by atoms with E-state index in [0.29, 0.717) is 0 Å². The van der Waals surface area contributed by atoms with Crippen molar-refractivity contribution in [2.24, 2.45) is 0 Å². The van der Waals surface area contributed by atoms with Crippen molar-refractivity contribution in [3.8, 4) is 0 Å². The summed E-state index contributed by atoms with van der Waals surface area (Å²) >= 11 is 0. The van der Waals surface area contributed by atoms with Gasteiger partial charge in [-0.3, -0.25) is 0 Å². The maximum atomic E-state index is 12.7. The Morgan fingerprint density at radius 1 is 1.30 bits per heavy atom. The normalized spacial score (nSPS) is 19.4. The highest BCUT2D eigenvalue weighted by atomic mass is 19.3. The predicted molar refractivity (Wildman–Crippen MR) is 34.0 cm³/mol. The monoisotopic (exact) mass is 140 g/mol. The van der Waals surface area contributed by atoms with E-state index in [1.807, 2.05) is 0 Å². The van der Waals surface area contributed by atoms with Gasteiger partial charge >= 0.3 is 0 Å². The minimum Gasteiger partial charge on any atom is -0.201 e. The zero-order valence-electron chi connectivity index (χ0n) is 5.27. The minimum absolute atomic E-state index is 0.116. The Balaban J connectivity index is 2.58. The predicted octanol–water partition coefficient (Wildman–Crippen LogP) is 2.33. The fraction of sp³-hybridized carbons (Fsp3) is 0.250. The van der Waals surface area contributed by atoms with Crippen LogP contribution in [0.25, 0.3) is 0 Å². The largest absolute Gasteiger partial charge is 0.277 e. The third kappa shape index (κ3) is 0.649. The number of alkyl halides is 2. The molecule has 0 nitrogen and oxygen atoms in total. The molecule has 0 radical (unpaired) electrons. The van der Waals surface area contributed by atoms with Gasteiger partial charge in [0.2, 0.25) is 0 Å². The highest BCUT2D eigenvalue weighted by Crippen LogP contribution is 2.37. The molecule has 0 fully saturated rings. The molecule has 0 saturated carbocycles. The van der Waals surface area contributed by atoms with Crippen LogP contribution in [0.15, 0.2) is 24.3 Å². The number of halogens is 2. The standard InChI is InChI=1S/C8H6F2/c9-8(10)5-6-2-1-3-7(8)4-6/h1-4H,5H2. The first-order chi connectivity index (χ1) is 4.68. The van der Waals surface area contributed by atoms with E-state index < -0.39 is 5.92 Å². The van der Waals surface area contributed by atoms with Gasteiger partial charge in [0.25, 0.3) is 5.92 Å². The average molecular weight is 140 g/mol. The molecule has 0 amide bonds. The van der Waals surface area contributed by atoms with E-state index in [-0.39, 0.29) is 12.0 Å². The summed E-state index contributed by atoms with van der Waals surface area (Å²) in [4.78, 5) is 0. The first-order valence-electron chi connectivity index (χ1n) is 3.16. The maximum Gasteiger partial charge on any atom is 0.277 e. The van der Waals surface area contributed by atoms with Gasteiger partial charge in [-0.25, -0.2) is 8.78 Å². The summed E-state index contributed by atoms with van der Waals surface area (Å²) in [5, 5.41) is 0. The lowest BCUT2D eigenvalue weighted by Crippen LogP contribution is -2.09. The highest BCUT2D eigenvalue weighted by molar-refractivity contribution is 5.34. The van der Waals surface area contributed by atoms with Crippen molar-refractivity contribution in [2.45, 2.75) is 12.3 Å². The Morgan fingerprint density at radius 3 is 2.70 bits per heavy atom. The molecule has 0 N–H and O–H groups in total. The summed E-state index contributed by atoms with van der Waals surface area (Å²) in [7, 11) is 0. The van der Waals surface area contributed by atoms with Crippen molar-refractivity contribution >= 4 is 0 Å². The Bertz CT molecular complexity index is 266. The molecule has 0 atom stereocenters. The third-order valence-corrected chi connectivity index (χ3v) is 1.78. The van der Waals surface area contributed by atoms with Crippen LogP contribution >= 0.6 is 0 Å². The van der Waals surface area contributed by atoms with E-state index in [9.17, 15) is 8.78 Å². The second-order valence-corrected chi connectivity index (χ2v) is 2.58. The molecule has 2 bridgehead atoms. The zero-order valence-corrected chi connectivity index (χ0v) is 5.27. The molecule has 1 aromatic rings. The van der Waals surface area contributed by atoms with E-state index in [4.69, 9.17) is 0 Å². The van der Waals surface area contributed by atoms with Gasteiger partial charge in [-0.05, 0) is 11.6 Å². The van der Waals surface area contributed by atoms with Gasteiger partial charge < -0.3 is 0 Å². The van der Waals surface area contributed by atoms with Gasteiger partial charge in [0.1, 0.15) is 0 Å². The first kappa shape index (κ1) is 5.83. The Labute approximate surface area is 57.5 Å². The molecule has 0 spiro atoms. The topological polar surface area (TPSA) is 0 Å². The van der Waals surface area contributed by atoms with Gasteiger partial charge in [0.15, 0.2) is 0 Å². The van der Waals surface area contributed by atoms with E-state index in [2.05, 4.69) is 0 Å². The van der Waals surface area contributed by atoms with E-state index in [1.54, 1.807) is 18.2 Å². The Morgan fingerprint density at radius 2 is 2.10 bits per heavy atom. The summed E-state index contributed by atoms with van der Waals surface area (Å²) < 4.78 is 25.5. The molecular weight excluding hydrogens is 134 g/mol. The van der Waals surface area contributed by atoms with Gasteiger partial charge in [-0.15, -0.1) is 0 Å². The number of benzene rings is 1. The second-order valence-electron chi connectivity index (χ2n) is 2.58. The van der Waals surface area contributed by atoms with Crippen LogP contribution in [0.3, 0.4) is 0 Å². The molecule has 0 unspecified atom stereocenters. The molecule has 0 saturated heterocycles. The van der Waals surface area contributed by atoms with Crippen molar-refractivity contribution in [1.29, 1.82) is 0 Å². The molecule has 52 valence electrons. The summed E-state index contributed by atoms with van der Waals surface area (Å²) in [5.74, 6) is -2.60. The lowest BCUT2D eigenvalue weighted by molar-refractivity contribution is 0.00303. The molecule has 0 heterocycles. The summed E-state index contributed by atoms with van der Waals surface area (Å²) in [6.45, 7) is 0. The number of fused-ring (bicyclic) bond motifs is 2. The first-order valence-corrected chi connectivity index (χ1v) is 3.16. The zero-order chi connectivity index (χ0) is 7.19. The molecule has 2 heteroatoms. The number of hydrogen-bond donors (Lipinski definition) is 0. The molecule has 10 heavy (non-hydrogen) atoms. The van der Waals surface area contributed by atoms with Crippen molar-refractivity contribution in [3.63, 3.8) is 0 Å². The van der Waals surface area contributed by atoms with Crippen LogP contribution in [0.5, 0.6) is 0 Å². The second kappa shape index (κ2) is 1.57. The lowest BCUT2D eigenvalue weighted by Gasteiger charge is -2.06. The summed E-state index contributed by atoms with van der Waals surface area (Å²) in [5.41, 5.74) is 0.896. The van der Waals surface area contributed by atoms with E-state index >= 15 is 0 Å². The van der Waals surface area contributed by atoms with E-state index in [1.165, 1.54) is 6.07 Å². The van der Waals surface area contributed by atoms with Crippen molar-refractivity contribution in [2.75, 3.05) is 0 Å². The van der Waals surface area contributed by atoms with Crippen LogP contribution in [0.2, 0.25) is 0 Å². The number of hydrogen-bond acceptors (Lipinski definition) is 0. The van der Waals surface area contributed by atoms with Crippen LogP contribution in [-0.2, 0) is 12.3 Å². The van der Waals surface area contributed by atoms with Crippen LogP contribution in [-0.4, -0.2) is 0 Å². The smallest absolute Gasteiger partial charge is 0.201 e. The third-order valence-electron chi connectivity index (χ3n) is 1.78. The van der Waals surface area contributed by atoms with Crippen LogP contribution in [0, 0.1) is 0 Å². The van der Waals surface area contributed by atoms with E-state index in [0.717, 1.165) is 5.56 Å². The van der Waals surface area contributed by atoms with Crippen LogP contribution in [0.4, 0.5) is 8.78 Å². The molecule has 1 aromatic carbocycles. The number of rotatable bonds is 0. The Kier molecular flexibility index (Phi) is 0.914. The molecule has 1 aliphatic carbocycles. The minimum atomic E-state index is -2.60. The van der Waals surface area contributed by atoms with Gasteiger partial charge in [-0.2, -0.15) is 0 Å². The molecule has 1 aliphatic rings. The molecule has 0 aliphatic heterocycles. The maximum absolute atomic E-state index is 12.7. The van der Waals surface area contributed by atoms with Crippen molar-refractivity contribution < 1.29 is 8.78 Å². The Hall–Kier alpha value is -0.920. The fourth-order valence-electron chi connectivity index (χ4n) is 1.27. The van der Waals surface area contributed by atoms with Crippen LogP contribution < -0.4 is 0 Å². The average Bonchev–Trinajstić information content (AvgIpc) is 2.04. The van der Waals surface area contributed by atoms with Gasteiger partial charge in [0, 0.05) is 12.0 Å². The van der Waals surface area contributed by atoms with Gasteiger partial charge in [-0.1, -0.05) is 18.2 Å². The molecular formula is C8H6F2. The SMILES string of the molecule is FC1(F)Cc2cccc1c2. The molecule has 0 aromatic heterocycles. The fourth-order valence-corrected chi connectivity index (χ4v) is 1.27. The summed E-state index contributed by atoms with van der Waals surface area (Å²) in [6, 6.07) is 6.42. The van der Waals surface area contributed by atoms with Crippen LogP contribution in [0.1, 0.15) is 11.1 Å². The lowest BCUT2D eigenvalue weighted by atomic mass is 10.2.